The zero-order valence-corrected chi connectivity index (χ0v) is 10.6. The first-order valence-electron chi connectivity index (χ1n) is 6.08. The molecule has 0 aliphatic heterocycles. The van der Waals surface area contributed by atoms with E-state index in [-0.39, 0.29) is 0 Å². The molecule has 1 aromatic carbocycles. The van der Waals surface area contributed by atoms with Gasteiger partial charge in [-0.15, -0.1) is 0 Å². The first-order valence-corrected chi connectivity index (χ1v) is 6.08. The summed E-state index contributed by atoms with van der Waals surface area (Å²) in [6, 6.07) is 9.53. The molecular formula is C15H12N4O. The number of carbonyl (C=O) groups excluding carboxylic acids is 1. The summed E-state index contributed by atoms with van der Waals surface area (Å²) < 4.78 is 0. The molecule has 5 nitrogen and oxygen atoms in total. The highest BCUT2D eigenvalue weighted by Gasteiger charge is 2.08. The third-order valence-electron chi connectivity index (χ3n) is 3.01. The van der Waals surface area contributed by atoms with Crippen LogP contribution in [-0.4, -0.2) is 15.9 Å². The Kier molecular flexibility index (Phi) is 3.01. The van der Waals surface area contributed by atoms with Crippen LogP contribution in [0.15, 0.2) is 55.1 Å². The van der Waals surface area contributed by atoms with Crippen LogP contribution in [0.2, 0.25) is 0 Å². The van der Waals surface area contributed by atoms with E-state index in [0.717, 1.165) is 16.5 Å². The lowest BCUT2D eigenvalue weighted by atomic mass is 10.1. The molecule has 5 heteroatoms. The maximum atomic E-state index is 11.4. The zero-order chi connectivity index (χ0) is 13.9. The molecule has 3 N–H and O–H groups in total. The van der Waals surface area contributed by atoms with E-state index in [1.807, 2.05) is 24.3 Å². The lowest BCUT2D eigenvalue weighted by molar-refractivity contribution is 0.100. The molecule has 0 bridgehead atoms. The van der Waals surface area contributed by atoms with Gasteiger partial charge in [-0.3, -0.25) is 14.8 Å². The van der Waals surface area contributed by atoms with Gasteiger partial charge in [0.15, 0.2) is 0 Å². The van der Waals surface area contributed by atoms with Crippen LogP contribution in [0.5, 0.6) is 0 Å². The number of benzene rings is 1. The highest BCUT2D eigenvalue weighted by molar-refractivity contribution is 5.99. The Labute approximate surface area is 115 Å². The number of amides is 1. The van der Waals surface area contributed by atoms with Gasteiger partial charge in [-0.05, 0) is 29.7 Å². The van der Waals surface area contributed by atoms with E-state index in [0.29, 0.717) is 11.3 Å². The number of anilines is 2. The predicted octanol–water partition coefficient (Wildman–Crippen LogP) is 2.47. The van der Waals surface area contributed by atoms with Crippen LogP contribution in [-0.2, 0) is 0 Å². The number of pyridine rings is 2. The average molecular weight is 264 g/mol. The number of hydrogen-bond acceptors (Lipinski definition) is 4. The Morgan fingerprint density at radius 3 is 2.65 bits per heavy atom. The van der Waals surface area contributed by atoms with Crippen LogP contribution in [0.25, 0.3) is 10.8 Å². The van der Waals surface area contributed by atoms with Gasteiger partial charge in [0, 0.05) is 35.9 Å². The van der Waals surface area contributed by atoms with Crippen molar-refractivity contribution >= 4 is 28.1 Å². The summed E-state index contributed by atoms with van der Waals surface area (Å²) in [5.41, 5.74) is 7.21. The molecule has 0 spiro atoms. The molecule has 0 atom stereocenters. The summed E-state index contributed by atoms with van der Waals surface area (Å²) in [6.45, 7) is 0. The van der Waals surface area contributed by atoms with Crippen molar-refractivity contribution in [2.24, 2.45) is 5.73 Å². The Hall–Kier alpha value is -2.95. The molecule has 2 aromatic heterocycles. The highest BCUT2D eigenvalue weighted by Crippen LogP contribution is 2.23. The van der Waals surface area contributed by atoms with E-state index in [1.54, 1.807) is 24.7 Å². The van der Waals surface area contributed by atoms with Gasteiger partial charge >= 0.3 is 0 Å². The normalized spacial score (nSPS) is 10.4. The third kappa shape index (κ3) is 2.29. The summed E-state index contributed by atoms with van der Waals surface area (Å²) in [5.74, 6) is -0.509. The SMILES string of the molecule is NC(=O)c1cnccc1Nc1ccc2cnccc2c1. The summed E-state index contributed by atoms with van der Waals surface area (Å²) >= 11 is 0. The molecule has 20 heavy (non-hydrogen) atoms. The fourth-order valence-electron chi connectivity index (χ4n) is 2.02. The number of nitrogens with two attached hydrogens (primary N) is 1. The minimum Gasteiger partial charge on any atom is -0.365 e. The van der Waals surface area contributed by atoms with E-state index < -0.39 is 5.91 Å². The van der Waals surface area contributed by atoms with Crippen LogP contribution >= 0.6 is 0 Å². The van der Waals surface area contributed by atoms with E-state index in [4.69, 9.17) is 5.73 Å². The van der Waals surface area contributed by atoms with Crippen molar-refractivity contribution < 1.29 is 4.79 Å². The van der Waals surface area contributed by atoms with Gasteiger partial charge in [0.2, 0.25) is 0 Å². The maximum Gasteiger partial charge on any atom is 0.252 e. The van der Waals surface area contributed by atoms with E-state index in [2.05, 4.69) is 15.3 Å². The summed E-state index contributed by atoms with van der Waals surface area (Å²) in [7, 11) is 0. The third-order valence-corrected chi connectivity index (χ3v) is 3.01. The number of rotatable bonds is 3. The van der Waals surface area contributed by atoms with Crippen molar-refractivity contribution in [1.82, 2.24) is 9.97 Å². The Morgan fingerprint density at radius 1 is 1.00 bits per heavy atom. The quantitative estimate of drug-likeness (QED) is 0.761. The molecule has 2 heterocycles. The molecular weight excluding hydrogens is 252 g/mol. The van der Waals surface area contributed by atoms with Crippen LogP contribution in [0.1, 0.15) is 10.4 Å². The van der Waals surface area contributed by atoms with Gasteiger partial charge in [-0.25, -0.2) is 0 Å². The molecule has 0 saturated carbocycles. The molecule has 0 fully saturated rings. The number of carbonyl (C=O) groups is 1. The molecule has 0 unspecified atom stereocenters. The minimum absolute atomic E-state index is 0.363. The van der Waals surface area contributed by atoms with Crippen molar-refractivity contribution in [3.05, 3.63) is 60.7 Å². The second kappa shape index (κ2) is 4.97. The van der Waals surface area contributed by atoms with Crippen molar-refractivity contribution in [3.63, 3.8) is 0 Å². The summed E-state index contributed by atoms with van der Waals surface area (Å²) in [5, 5.41) is 5.31. The number of nitrogens with one attached hydrogen (secondary N) is 1. The van der Waals surface area contributed by atoms with Crippen molar-refractivity contribution in [2.45, 2.75) is 0 Å². The molecule has 3 aromatic rings. The summed E-state index contributed by atoms with van der Waals surface area (Å²) in [6.07, 6.45) is 6.61. The molecule has 0 aliphatic carbocycles. The number of aromatic nitrogens is 2. The smallest absolute Gasteiger partial charge is 0.252 e. The molecule has 3 rings (SSSR count). The molecule has 1 amide bonds. The second-order valence-electron chi connectivity index (χ2n) is 4.35. The van der Waals surface area contributed by atoms with Crippen molar-refractivity contribution in [1.29, 1.82) is 0 Å². The standard InChI is InChI=1S/C15H12N4O/c16-15(20)13-9-18-6-4-14(13)19-12-2-1-11-8-17-5-3-10(11)7-12/h1-9H,(H2,16,20)(H,18,19). The van der Waals surface area contributed by atoms with Crippen molar-refractivity contribution in [3.8, 4) is 0 Å². The first-order chi connectivity index (χ1) is 9.74. The Balaban J connectivity index is 1.99. The number of hydrogen-bond donors (Lipinski definition) is 2. The largest absolute Gasteiger partial charge is 0.365 e. The van der Waals surface area contributed by atoms with Crippen LogP contribution in [0.3, 0.4) is 0 Å². The van der Waals surface area contributed by atoms with Gasteiger partial charge in [-0.1, -0.05) is 6.07 Å². The van der Waals surface area contributed by atoms with E-state index >= 15 is 0 Å². The van der Waals surface area contributed by atoms with Crippen molar-refractivity contribution in [2.75, 3.05) is 5.32 Å². The van der Waals surface area contributed by atoms with Crippen LogP contribution < -0.4 is 11.1 Å². The number of primary amides is 1. The highest BCUT2D eigenvalue weighted by atomic mass is 16.1. The van der Waals surface area contributed by atoms with Gasteiger partial charge < -0.3 is 11.1 Å². The first kappa shape index (κ1) is 12.1. The minimum atomic E-state index is -0.509. The van der Waals surface area contributed by atoms with E-state index in [1.165, 1.54) is 6.20 Å². The monoisotopic (exact) mass is 264 g/mol. The van der Waals surface area contributed by atoms with Gasteiger partial charge in [0.1, 0.15) is 0 Å². The molecule has 0 radical (unpaired) electrons. The molecule has 0 aliphatic rings. The van der Waals surface area contributed by atoms with Gasteiger partial charge in [0.25, 0.3) is 5.91 Å². The maximum absolute atomic E-state index is 11.4. The fourth-order valence-corrected chi connectivity index (χ4v) is 2.02. The Bertz CT molecular complexity index is 785. The predicted molar refractivity (Wildman–Crippen MR) is 77.8 cm³/mol. The lowest BCUT2D eigenvalue weighted by Gasteiger charge is -2.10. The second-order valence-corrected chi connectivity index (χ2v) is 4.35. The topological polar surface area (TPSA) is 80.9 Å². The van der Waals surface area contributed by atoms with Crippen LogP contribution in [0.4, 0.5) is 11.4 Å². The Morgan fingerprint density at radius 2 is 1.80 bits per heavy atom. The van der Waals surface area contributed by atoms with Gasteiger partial charge in [0.05, 0.1) is 11.3 Å². The zero-order valence-electron chi connectivity index (χ0n) is 10.6. The van der Waals surface area contributed by atoms with Gasteiger partial charge in [-0.2, -0.15) is 0 Å². The van der Waals surface area contributed by atoms with E-state index in [9.17, 15) is 4.79 Å². The van der Waals surface area contributed by atoms with Crippen LogP contribution in [0, 0.1) is 0 Å². The molecule has 98 valence electrons. The fraction of sp³-hybridized carbons (Fsp3) is 0. The number of nitrogens with zero attached hydrogens (tertiary/aromatic N) is 2. The summed E-state index contributed by atoms with van der Waals surface area (Å²) in [4.78, 5) is 19.3. The number of fused-ring (bicyclic) bond motifs is 1. The average Bonchev–Trinajstić information content (AvgIpc) is 2.47. The lowest BCUT2D eigenvalue weighted by Crippen LogP contribution is -2.13. The molecule has 0 saturated heterocycles.